The van der Waals surface area contributed by atoms with E-state index in [9.17, 15) is 9.00 Å². The van der Waals surface area contributed by atoms with Gasteiger partial charge in [-0.25, -0.2) is 0 Å². The highest BCUT2D eigenvalue weighted by Gasteiger charge is 2.41. The maximum absolute atomic E-state index is 12.4. The SMILES string of the molecule is CCCC1NC(CC)N(C2CCS(=O)CC2)C1=O. The summed E-state index contributed by atoms with van der Waals surface area (Å²) in [5.41, 5.74) is 0. The van der Waals surface area contributed by atoms with E-state index >= 15 is 0 Å². The predicted octanol–water partition coefficient (Wildman–Crippen LogP) is 1.23. The summed E-state index contributed by atoms with van der Waals surface area (Å²) in [6.07, 6.45) is 4.88. The molecule has 1 amide bonds. The van der Waals surface area contributed by atoms with E-state index in [2.05, 4.69) is 24.1 Å². The Hall–Kier alpha value is -0.420. The highest BCUT2D eigenvalue weighted by atomic mass is 32.2. The van der Waals surface area contributed by atoms with Crippen LogP contribution in [0.5, 0.6) is 0 Å². The molecule has 4 nitrogen and oxygen atoms in total. The van der Waals surface area contributed by atoms with Crippen molar-refractivity contribution >= 4 is 16.7 Å². The van der Waals surface area contributed by atoms with Crippen molar-refractivity contribution in [1.29, 1.82) is 0 Å². The minimum Gasteiger partial charge on any atom is -0.323 e. The summed E-state index contributed by atoms with van der Waals surface area (Å²) in [5.74, 6) is 1.77. The Morgan fingerprint density at radius 2 is 2.00 bits per heavy atom. The Bertz CT molecular complexity index is 325. The van der Waals surface area contributed by atoms with Crippen LogP contribution in [0.3, 0.4) is 0 Å². The molecule has 2 aliphatic heterocycles. The van der Waals surface area contributed by atoms with E-state index < -0.39 is 10.8 Å². The van der Waals surface area contributed by atoms with Crippen molar-refractivity contribution in [2.75, 3.05) is 11.5 Å². The van der Waals surface area contributed by atoms with Gasteiger partial charge in [-0.15, -0.1) is 0 Å². The lowest BCUT2D eigenvalue weighted by atomic mass is 10.1. The lowest BCUT2D eigenvalue weighted by molar-refractivity contribution is -0.132. The fraction of sp³-hybridized carbons (Fsp3) is 0.923. The molecule has 0 aromatic heterocycles. The maximum Gasteiger partial charge on any atom is 0.241 e. The van der Waals surface area contributed by atoms with Crippen molar-refractivity contribution in [2.24, 2.45) is 0 Å². The quantitative estimate of drug-likeness (QED) is 0.837. The summed E-state index contributed by atoms with van der Waals surface area (Å²) in [6, 6.07) is 0.307. The zero-order valence-corrected chi connectivity index (χ0v) is 12.2. The highest BCUT2D eigenvalue weighted by molar-refractivity contribution is 7.85. The molecule has 0 radical (unpaired) electrons. The average molecular weight is 272 g/mol. The van der Waals surface area contributed by atoms with Crippen molar-refractivity contribution in [3.63, 3.8) is 0 Å². The molecule has 2 unspecified atom stereocenters. The molecule has 0 aromatic rings. The molecular weight excluding hydrogens is 248 g/mol. The van der Waals surface area contributed by atoms with E-state index in [1.54, 1.807) is 0 Å². The lowest BCUT2D eigenvalue weighted by Crippen LogP contribution is -2.47. The van der Waals surface area contributed by atoms with E-state index in [1.807, 2.05) is 0 Å². The van der Waals surface area contributed by atoms with Crippen molar-refractivity contribution in [3.05, 3.63) is 0 Å². The Morgan fingerprint density at radius 3 is 2.56 bits per heavy atom. The van der Waals surface area contributed by atoms with E-state index in [0.29, 0.717) is 6.04 Å². The third-order valence-corrected chi connectivity index (χ3v) is 5.38. The van der Waals surface area contributed by atoms with Crippen LogP contribution in [-0.4, -0.2) is 44.8 Å². The molecule has 0 bridgehead atoms. The Labute approximate surface area is 112 Å². The number of carbonyl (C=O) groups excluding carboxylic acids is 1. The summed E-state index contributed by atoms with van der Waals surface area (Å²) < 4.78 is 11.4. The van der Waals surface area contributed by atoms with Gasteiger partial charge in [0.2, 0.25) is 5.91 Å². The largest absolute Gasteiger partial charge is 0.323 e. The van der Waals surface area contributed by atoms with Gasteiger partial charge in [-0.05, 0) is 25.7 Å². The number of hydrogen-bond acceptors (Lipinski definition) is 3. The van der Waals surface area contributed by atoms with E-state index in [0.717, 1.165) is 43.6 Å². The van der Waals surface area contributed by atoms with Gasteiger partial charge < -0.3 is 4.90 Å². The first-order valence-electron chi connectivity index (χ1n) is 7.10. The van der Waals surface area contributed by atoms with Gasteiger partial charge in [-0.2, -0.15) is 0 Å². The van der Waals surface area contributed by atoms with Gasteiger partial charge in [0.25, 0.3) is 0 Å². The van der Waals surface area contributed by atoms with Crippen molar-refractivity contribution in [3.8, 4) is 0 Å². The third-order valence-electron chi connectivity index (χ3n) is 4.00. The van der Waals surface area contributed by atoms with Gasteiger partial charge in [-0.1, -0.05) is 20.3 Å². The summed E-state index contributed by atoms with van der Waals surface area (Å²) in [7, 11) is -0.656. The zero-order valence-electron chi connectivity index (χ0n) is 11.4. The maximum atomic E-state index is 12.4. The van der Waals surface area contributed by atoms with Gasteiger partial charge in [-0.3, -0.25) is 14.3 Å². The molecule has 1 N–H and O–H groups in total. The van der Waals surface area contributed by atoms with Crippen LogP contribution in [0.4, 0.5) is 0 Å². The van der Waals surface area contributed by atoms with Gasteiger partial charge in [0.1, 0.15) is 0 Å². The van der Waals surface area contributed by atoms with Crippen molar-refractivity contribution in [2.45, 2.75) is 64.2 Å². The number of nitrogens with zero attached hydrogens (tertiary/aromatic N) is 1. The fourth-order valence-electron chi connectivity index (χ4n) is 3.02. The van der Waals surface area contributed by atoms with Crippen LogP contribution in [0.15, 0.2) is 0 Å². The molecule has 0 spiro atoms. The first-order valence-corrected chi connectivity index (χ1v) is 8.59. The molecule has 2 fully saturated rings. The van der Waals surface area contributed by atoms with E-state index in [1.165, 1.54) is 0 Å². The number of nitrogens with one attached hydrogen (secondary N) is 1. The number of rotatable bonds is 4. The van der Waals surface area contributed by atoms with E-state index in [4.69, 9.17) is 0 Å². The van der Waals surface area contributed by atoms with Gasteiger partial charge >= 0.3 is 0 Å². The highest BCUT2D eigenvalue weighted by Crippen LogP contribution is 2.25. The first-order chi connectivity index (χ1) is 8.67. The summed E-state index contributed by atoms with van der Waals surface area (Å²) >= 11 is 0. The first kappa shape index (κ1) is 14.0. The van der Waals surface area contributed by atoms with Crippen LogP contribution in [0.25, 0.3) is 0 Å². The normalized spacial score (nSPS) is 37.2. The van der Waals surface area contributed by atoms with Gasteiger partial charge in [0, 0.05) is 28.3 Å². The number of hydrogen-bond donors (Lipinski definition) is 1. The second-order valence-corrected chi connectivity index (χ2v) is 6.95. The Balaban J connectivity index is 2.05. The van der Waals surface area contributed by atoms with Crippen LogP contribution in [0.2, 0.25) is 0 Å². The molecule has 2 saturated heterocycles. The summed E-state index contributed by atoms with van der Waals surface area (Å²) in [5, 5.41) is 3.45. The molecule has 5 heteroatoms. The molecule has 2 atom stereocenters. The third kappa shape index (κ3) is 2.77. The molecule has 0 saturated carbocycles. The van der Waals surface area contributed by atoms with Crippen LogP contribution in [0.1, 0.15) is 46.0 Å². The van der Waals surface area contributed by atoms with Crippen molar-refractivity contribution in [1.82, 2.24) is 10.2 Å². The molecule has 18 heavy (non-hydrogen) atoms. The Morgan fingerprint density at radius 1 is 1.33 bits per heavy atom. The average Bonchev–Trinajstić information content (AvgIpc) is 2.68. The summed E-state index contributed by atoms with van der Waals surface area (Å²) in [6.45, 7) is 4.23. The number of carbonyl (C=O) groups is 1. The van der Waals surface area contributed by atoms with Crippen LogP contribution >= 0.6 is 0 Å². The molecule has 2 heterocycles. The predicted molar refractivity (Wildman–Crippen MR) is 73.7 cm³/mol. The summed E-state index contributed by atoms with van der Waals surface area (Å²) in [4.78, 5) is 14.5. The number of amides is 1. The molecule has 2 rings (SSSR count). The molecule has 0 aromatic carbocycles. The minimum atomic E-state index is -0.656. The zero-order chi connectivity index (χ0) is 13.1. The Kier molecular flexibility index (Phi) is 4.78. The molecular formula is C13H24N2O2S. The molecule has 104 valence electrons. The van der Waals surface area contributed by atoms with Gasteiger partial charge in [0.15, 0.2) is 0 Å². The van der Waals surface area contributed by atoms with Crippen LogP contribution in [0, 0.1) is 0 Å². The monoisotopic (exact) mass is 272 g/mol. The van der Waals surface area contributed by atoms with Crippen LogP contribution < -0.4 is 5.32 Å². The topological polar surface area (TPSA) is 49.4 Å². The smallest absolute Gasteiger partial charge is 0.241 e. The standard InChI is InChI=1S/C13H24N2O2S/c1-3-5-11-13(16)15(12(4-2)14-11)10-6-8-18(17)9-7-10/h10-12,14H,3-9H2,1-2H3. The molecule has 0 aliphatic carbocycles. The minimum absolute atomic E-state index is 0.00683. The van der Waals surface area contributed by atoms with Crippen molar-refractivity contribution < 1.29 is 9.00 Å². The second kappa shape index (κ2) is 6.15. The fourth-order valence-corrected chi connectivity index (χ4v) is 4.30. The van der Waals surface area contributed by atoms with Gasteiger partial charge in [0.05, 0.1) is 12.2 Å². The van der Waals surface area contributed by atoms with E-state index in [-0.39, 0.29) is 18.1 Å². The second-order valence-electron chi connectivity index (χ2n) is 5.26. The molecule has 2 aliphatic rings. The lowest BCUT2D eigenvalue weighted by Gasteiger charge is -2.34. The van der Waals surface area contributed by atoms with Crippen LogP contribution in [-0.2, 0) is 15.6 Å².